The Morgan fingerprint density at radius 1 is 1.33 bits per heavy atom. The highest BCUT2D eigenvalue weighted by Gasteiger charge is 2.13. The minimum atomic E-state index is -0.106. The van der Waals surface area contributed by atoms with E-state index >= 15 is 0 Å². The van der Waals surface area contributed by atoms with E-state index in [1.165, 1.54) is 11.3 Å². The van der Waals surface area contributed by atoms with Crippen molar-refractivity contribution in [2.45, 2.75) is 0 Å². The Morgan fingerprint density at radius 2 is 2.15 bits per heavy atom. The molecule has 4 rings (SSSR count). The number of rotatable bonds is 5. The average molecular weight is 399 g/mol. The summed E-state index contributed by atoms with van der Waals surface area (Å²) >= 11 is 7.68. The van der Waals surface area contributed by atoms with Gasteiger partial charge in [-0.25, -0.2) is 9.38 Å². The van der Waals surface area contributed by atoms with Crippen LogP contribution in [0.2, 0.25) is 5.02 Å². The number of aromatic nitrogens is 2. The van der Waals surface area contributed by atoms with Gasteiger partial charge in [-0.15, -0.1) is 0 Å². The molecule has 2 aromatic carbocycles. The van der Waals surface area contributed by atoms with Gasteiger partial charge in [-0.3, -0.25) is 4.79 Å². The van der Waals surface area contributed by atoms with Crippen molar-refractivity contribution in [1.29, 1.82) is 0 Å². The van der Waals surface area contributed by atoms with Crippen LogP contribution < -0.4 is 19.6 Å². The first-order chi connectivity index (χ1) is 13.1. The molecule has 0 spiro atoms. The van der Waals surface area contributed by atoms with Gasteiger partial charge >= 0.3 is 0 Å². The molecule has 0 N–H and O–H groups in total. The van der Waals surface area contributed by atoms with Gasteiger partial charge in [-0.05, 0) is 35.9 Å². The van der Waals surface area contributed by atoms with Gasteiger partial charge in [0.05, 0.1) is 27.7 Å². The lowest BCUT2D eigenvalue weighted by Gasteiger charge is -2.11. The Bertz CT molecular complexity index is 1280. The maximum absolute atomic E-state index is 12.9. The van der Waals surface area contributed by atoms with Gasteiger partial charge in [0.15, 0.2) is 16.5 Å². The third-order valence-corrected chi connectivity index (χ3v) is 5.29. The van der Waals surface area contributed by atoms with Gasteiger partial charge in [0.1, 0.15) is 6.61 Å². The number of thiazole rings is 1. The number of methoxy groups -OCH3 is 1. The van der Waals surface area contributed by atoms with Gasteiger partial charge in [0.2, 0.25) is 0 Å². The van der Waals surface area contributed by atoms with Crippen molar-refractivity contribution < 1.29 is 9.47 Å². The summed E-state index contributed by atoms with van der Waals surface area (Å²) in [5, 5.41) is 0.404. The summed E-state index contributed by atoms with van der Waals surface area (Å²) in [7, 11) is 1.54. The van der Waals surface area contributed by atoms with Gasteiger partial charge in [-0.1, -0.05) is 47.7 Å². The Morgan fingerprint density at radius 3 is 2.93 bits per heavy atom. The molecule has 5 nitrogen and oxygen atoms in total. The third-order valence-electron chi connectivity index (χ3n) is 4.04. The summed E-state index contributed by atoms with van der Waals surface area (Å²) in [6.07, 6.45) is 3.41. The zero-order valence-corrected chi connectivity index (χ0v) is 16.0. The zero-order valence-electron chi connectivity index (χ0n) is 14.4. The molecule has 0 aliphatic rings. The van der Waals surface area contributed by atoms with Crippen LogP contribution in [0.25, 0.3) is 22.1 Å². The fraction of sp³-hybridized carbons (Fsp3) is 0.100. The normalized spacial score (nSPS) is 12.0. The number of ether oxygens (including phenoxy) is 2. The topological polar surface area (TPSA) is 52.8 Å². The number of nitrogens with zero attached hydrogens (tertiary/aromatic N) is 2. The molecule has 27 heavy (non-hydrogen) atoms. The Kier molecular flexibility index (Phi) is 4.59. The molecule has 0 fully saturated rings. The molecular weight excluding hydrogens is 384 g/mol. The number of fused-ring (bicyclic) bond motifs is 3. The molecule has 0 bridgehead atoms. The summed E-state index contributed by atoms with van der Waals surface area (Å²) in [6.45, 7) is 3.94. The van der Waals surface area contributed by atoms with Crippen LogP contribution in [0.4, 0.5) is 0 Å². The van der Waals surface area contributed by atoms with E-state index in [1.54, 1.807) is 35.8 Å². The van der Waals surface area contributed by atoms with Crippen LogP contribution in [0, 0.1) is 0 Å². The van der Waals surface area contributed by atoms with Crippen LogP contribution in [-0.2, 0) is 0 Å². The van der Waals surface area contributed by atoms with Crippen molar-refractivity contribution in [3.63, 3.8) is 0 Å². The molecular formula is C20H15ClN2O3S. The van der Waals surface area contributed by atoms with E-state index in [9.17, 15) is 4.79 Å². The van der Waals surface area contributed by atoms with Crippen LogP contribution in [0.3, 0.4) is 0 Å². The maximum atomic E-state index is 12.9. The highest BCUT2D eigenvalue weighted by Crippen LogP contribution is 2.36. The Balaban J connectivity index is 1.86. The summed E-state index contributed by atoms with van der Waals surface area (Å²) in [5.41, 5.74) is 2.25. The van der Waals surface area contributed by atoms with Crippen molar-refractivity contribution in [2.75, 3.05) is 13.7 Å². The van der Waals surface area contributed by atoms with Gasteiger partial charge in [0, 0.05) is 0 Å². The second kappa shape index (κ2) is 7.06. The molecule has 0 aliphatic carbocycles. The molecule has 0 saturated carbocycles. The number of benzene rings is 2. The SMILES string of the molecule is C=CCOc1c(Cl)cc(C=c2sc3nc4ccccc4n3c2=O)cc1OC. The smallest absolute Gasteiger partial charge is 0.274 e. The summed E-state index contributed by atoms with van der Waals surface area (Å²) in [4.78, 5) is 18.0. The molecule has 2 heterocycles. The quantitative estimate of drug-likeness (QED) is 0.481. The second-order valence-electron chi connectivity index (χ2n) is 5.77. The van der Waals surface area contributed by atoms with Crippen LogP contribution >= 0.6 is 22.9 Å². The molecule has 136 valence electrons. The predicted octanol–water partition coefficient (Wildman–Crippen LogP) is 3.68. The molecule has 0 aliphatic heterocycles. The van der Waals surface area contributed by atoms with Crippen molar-refractivity contribution >= 4 is 45.0 Å². The number of para-hydroxylation sites is 2. The van der Waals surface area contributed by atoms with E-state index in [0.717, 1.165) is 16.6 Å². The van der Waals surface area contributed by atoms with Gasteiger partial charge < -0.3 is 9.47 Å². The number of hydrogen-bond acceptors (Lipinski definition) is 5. The molecule has 7 heteroatoms. The van der Waals surface area contributed by atoms with Gasteiger partial charge in [-0.2, -0.15) is 0 Å². The first kappa shape index (κ1) is 17.6. The summed E-state index contributed by atoms with van der Waals surface area (Å²) < 4.78 is 13.1. The number of halogens is 1. The monoisotopic (exact) mass is 398 g/mol. The van der Waals surface area contributed by atoms with Crippen LogP contribution in [0.15, 0.2) is 53.8 Å². The first-order valence-electron chi connectivity index (χ1n) is 8.15. The van der Waals surface area contributed by atoms with Crippen molar-refractivity contribution in [2.24, 2.45) is 0 Å². The first-order valence-corrected chi connectivity index (χ1v) is 9.34. The van der Waals surface area contributed by atoms with E-state index in [0.29, 0.717) is 32.6 Å². The fourth-order valence-electron chi connectivity index (χ4n) is 2.87. The van der Waals surface area contributed by atoms with Crippen molar-refractivity contribution in [3.8, 4) is 11.5 Å². The van der Waals surface area contributed by atoms with E-state index < -0.39 is 0 Å². The van der Waals surface area contributed by atoms with E-state index in [4.69, 9.17) is 21.1 Å². The molecule has 0 radical (unpaired) electrons. The lowest BCUT2D eigenvalue weighted by Crippen LogP contribution is -2.22. The lowest BCUT2D eigenvalue weighted by atomic mass is 10.2. The van der Waals surface area contributed by atoms with Gasteiger partial charge in [0.25, 0.3) is 5.56 Å². The standard InChI is InChI=1S/C20H15ClN2O3S/c1-3-8-26-18-13(21)9-12(10-16(18)25-2)11-17-19(24)23-15-7-5-4-6-14(15)22-20(23)27-17/h3-7,9-11H,1,8H2,2H3. The van der Waals surface area contributed by atoms with Crippen molar-refractivity contribution in [1.82, 2.24) is 9.38 Å². The maximum Gasteiger partial charge on any atom is 0.274 e. The molecule has 0 saturated heterocycles. The van der Waals surface area contributed by atoms with Crippen LogP contribution in [0.1, 0.15) is 5.56 Å². The lowest BCUT2D eigenvalue weighted by molar-refractivity contribution is 0.326. The molecule has 0 unspecified atom stereocenters. The number of imidazole rings is 1. The zero-order chi connectivity index (χ0) is 19.0. The van der Waals surface area contributed by atoms with Crippen molar-refractivity contribution in [3.05, 3.63) is 74.5 Å². The van der Waals surface area contributed by atoms with E-state index in [1.807, 2.05) is 24.3 Å². The van der Waals surface area contributed by atoms with Crippen LogP contribution in [-0.4, -0.2) is 23.1 Å². The van der Waals surface area contributed by atoms with E-state index in [2.05, 4.69) is 11.6 Å². The average Bonchev–Trinajstić information content (AvgIpc) is 3.17. The third kappa shape index (κ3) is 3.07. The van der Waals surface area contributed by atoms with E-state index in [-0.39, 0.29) is 5.56 Å². The molecule has 0 atom stereocenters. The minimum absolute atomic E-state index is 0.106. The molecule has 0 amide bonds. The fourth-order valence-corrected chi connectivity index (χ4v) is 4.13. The Labute approximate surface area is 163 Å². The predicted molar refractivity (Wildman–Crippen MR) is 109 cm³/mol. The number of hydrogen-bond donors (Lipinski definition) is 0. The minimum Gasteiger partial charge on any atom is -0.493 e. The highest BCUT2D eigenvalue weighted by atomic mass is 35.5. The summed E-state index contributed by atoms with van der Waals surface area (Å²) in [6, 6.07) is 11.1. The summed E-state index contributed by atoms with van der Waals surface area (Å²) in [5.74, 6) is 0.945. The largest absolute Gasteiger partial charge is 0.493 e. The molecule has 2 aromatic heterocycles. The second-order valence-corrected chi connectivity index (χ2v) is 7.18. The van der Waals surface area contributed by atoms with Crippen LogP contribution in [0.5, 0.6) is 11.5 Å². The molecule has 4 aromatic rings. The highest BCUT2D eigenvalue weighted by molar-refractivity contribution is 7.15. The Hall–Kier alpha value is -2.83.